The Bertz CT molecular complexity index is 1100. The van der Waals surface area contributed by atoms with Crippen molar-refractivity contribution in [3.63, 3.8) is 0 Å². The molecular formula is C25H30N4O2S. The molecule has 0 saturated carbocycles. The normalized spacial score (nSPS) is 15.9. The summed E-state index contributed by atoms with van der Waals surface area (Å²) in [7, 11) is 0. The van der Waals surface area contributed by atoms with Crippen LogP contribution in [0.25, 0.3) is 20.7 Å². The molecule has 0 atom stereocenters. The molecule has 1 saturated heterocycles. The van der Waals surface area contributed by atoms with Crippen molar-refractivity contribution in [3.05, 3.63) is 65.8 Å². The number of morpholine rings is 1. The maximum atomic E-state index is 9.83. The van der Waals surface area contributed by atoms with Crippen LogP contribution in [0.4, 0.5) is 5.82 Å². The third kappa shape index (κ3) is 5.73. The van der Waals surface area contributed by atoms with Gasteiger partial charge in [-0.3, -0.25) is 4.90 Å². The van der Waals surface area contributed by atoms with E-state index in [0.717, 1.165) is 61.0 Å². The second kappa shape index (κ2) is 10.7. The van der Waals surface area contributed by atoms with E-state index in [9.17, 15) is 5.11 Å². The highest BCUT2D eigenvalue weighted by atomic mass is 32.1. The molecule has 0 unspecified atom stereocenters. The van der Waals surface area contributed by atoms with Gasteiger partial charge in [0.05, 0.1) is 29.2 Å². The largest absolute Gasteiger partial charge is 0.512 e. The molecule has 0 radical (unpaired) electrons. The number of aromatic nitrogens is 2. The predicted octanol–water partition coefficient (Wildman–Crippen LogP) is 5.75. The second-order valence-corrected chi connectivity index (χ2v) is 9.00. The number of anilines is 1. The van der Waals surface area contributed by atoms with Gasteiger partial charge < -0.3 is 15.2 Å². The van der Waals surface area contributed by atoms with Crippen LogP contribution >= 0.6 is 11.3 Å². The maximum Gasteiger partial charge on any atom is 0.151 e. The van der Waals surface area contributed by atoms with Gasteiger partial charge in [-0.05, 0) is 36.6 Å². The molecule has 2 aromatic heterocycles. The summed E-state index contributed by atoms with van der Waals surface area (Å²) in [4.78, 5) is 12.5. The highest BCUT2D eigenvalue weighted by Gasteiger charge is 2.13. The van der Waals surface area contributed by atoms with Crippen LogP contribution in [0.2, 0.25) is 0 Å². The first-order valence-corrected chi connectivity index (χ1v) is 11.9. The zero-order valence-electron chi connectivity index (χ0n) is 18.7. The Labute approximate surface area is 193 Å². The number of benzene rings is 1. The summed E-state index contributed by atoms with van der Waals surface area (Å²) >= 11 is 1.69. The molecule has 1 aromatic carbocycles. The fourth-order valence-corrected chi connectivity index (χ4v) is 4.75. The van der Waals surface area contributed by atoms with Gasteiger partial charge >= 0.3 is 0 Å². The molecule has 7 heteroatoms. The van der Waals surface area contributed by atoms with Gasteiger partial charge in [0.25, 0.3) is 0 Å². The fraction of sp³-hybridized carbons (Fsp3) is 0.360. The van der Waals surface area contributed by atoms with Gasteiger partial charge in [0.15, 0.2) is 5.82 Å². The summed E-state index contributed by atoms with van der Waals surface area (Å²) in [5, 5.41) is 13.2. The quantitative estimate of drug-likeness (QED) is 0.426. The molecule has 2 N–H and O–H groups in total. The van der Waals surface area contributed by atoms with Gasteiger partial charge in [0.1, 0.15) is 6.33 Å². The van der Waals surface area contributed by atoms with E-state index >= 15 is 0 Å². The van der Waals surface area contributed by atoms with Crippen LogP contribution in [0.3, 0.4) is 0 Å². The number of aliphatic hydroxyl groups excluding tert-OH is 1. The smallest absolute Gasteiger partial charge is 0.151 e. The van der Waals surface area contributed by atoms with E-state index in [-0.39, 0.29) is 0 Å². The predicted molar refractivity (Wildman–Crippen MR) is 132 cm³/mol. The zero-order chi connectivity index (χ0) is 22.3. The Morgan fingerprint density at radius 3 is 2.72 bits per heavy atom. The number of hydrogen-bond acceptors (Lipinski definition) is 7. The first-order chi connectivity index (χ1) is 15.6. The molecule has 1 aliphatic rings. The molecule has 1 fully saturated rings. The molecule has 3 heterocycles. The van der Waals surface area contributed by atoms with Crippen molar-refractivity contribution in [1.82, 2.24) is 14.9 Å². The van der Waals surface area contributed by atoms with Gasteiger partial charge in [-0.15, -0.1) is 11.3 Å². The minimum absolute atomic E-state index is 0.386. The number of allylic oxidation sites excluding steroid dienone is 3. The minimum atomic E-state index is 0.386. The molecule has 4 rings (SSSR count). The minimum Gasteiger partial charge on any atom is -0.512 e. The Morgan fingerprint density at radius 2 is 1.97 bits per heavy atom. The zero-order valence-corrected chi connectivity index (χ0v) is 19.5. The monoisotopic (exact) mass is 450 g/mol. The average Bonchev–Trinajstić information content (AvgIpc) is 3.25. The van der Waals surface area contributed by atoms with Crippen molar-refractivity contribution < 1.29 is 9.84 Å². The van der Waals surface area contributed by atoms with Crippen LogP contribution < -0.4 is 5.32 Å². The van der Waals surface area contributed by atoms with E-state index < -0.39 is 0 Å². The molecule has 0 spiro atoms. The van der Waals surface area contributed by atoms with Gasteiger partial charge in [0.2, 0.25) is 0 Å². The lowest BCUT2D eigenvalue weighted by atomic mass is 10.1. The number of aliphatic hydroxyl groups is 1. The van der Waals surface area contributed by atoms with Crippen LogP contribution in [0, 0.1) is 0 Å². The summed E-state index contributed by atoms with van der Waals surface area (Å²) in [6.07, 6.45) is 6.72. The lowest BCUT2D eigenvalue weighted by Gasteiger charge is -2.26. The fourth-order valence-electron chi connectivity index (χ4n) is 3.69. The van der Waals surface area contributed by atoms with Crippen molar-refractivity contribution >= 4 is 27.4 Å². The number of nitrogens with one attached hydrogen (secondary N) is 1. The number of thiophene rings is 1. The first-order valence-electron chi connectivity index (χ1n) is 11.1. The van der Waals surface area contributed by atoms with Crippen LogP contribution in [0.1, 0.15) is 32.3 Å². The van der Waals surface area contributed by atoms with E-state index in [1.54, 1.807) is 17.7 Å². The van der Waals surface area contributed by atoms with Crippen molar-refractivity contribution in [3.8, 4) is 10.4 Å². The highest BCUT2D eigenvalue weighted by molar-refractivity contribution is 7.22. The van der Waals surface area contributed by atoms with Crippen molar-refractivity contribution in [2.24, 2.45) is 0 Å². The van der Waals surface area contributed by atoms with Gasteiger partial charge in [0, 0.05) is 36.6 Å². The summed E-state index contributed by atoms with van der Waals surface area (Å²) < 4.78 is 6.47. The SMILES string of the molecule is CC/C=C(/O)C/C=C(\C)Nc1ncnc2cc(-c3ccc(CN4CCOCC4)cc3)sc12. The second-order valence-electron chi connectivity index (χ2n) is 7.95. The standard InChI is InChI=1S/C25H30N4O2S/c1-3-4-21(30)10-5-18(2)28-25-24-22(26-17-27-25)15-23(32-24)20-8-6-19(7-9-20)16-29-11-13-31-14-12-29/h4-9,15,17,30H,3,10-14,16H2,1-2H3,(H,26,27,28)/b18-5+,21-4+. The van der Waals surface area contributed by atoms with Gasteiger partial charge in [-0.25, -0.2) is 9.97 Å². The number of nitrogens with zero attached hydrogens (tertiary/aromatic N) is 3. The van der Waals surface area contributed by atoms with Crippen LogP contribution in [0.5, 0.6) is 0 Å². The van der Waals surface area contributed by atoms with E-state index in [0.29, 0.717) is 12.2 Å². The van der Waals surface area contributed by atoms with Crippen LogP contribution in [-0.4, -0.2) is 46.3 Å². The van der Waals surface area contributed by atoms with Crippen LogP contribution in [0.15, 0.2) is 60.3 Å². The van der Waals surface area contributed by atoms with Gasteiger partial charge in [-0.1, -0.05) is 37.3 Å². The number of ether oxygens (including phenoxy) is 1. The maximum absolute atomic E-state index is 9.83. The van der Waals surface area contributed by atoms with Crippen molar-refractivity contribution in [1.29, 1.82) is 0 Å². The Balaban J connectivity index is 1.49. The van der Waals surface area contributed by atoms with E-state index in [4.69, 9.17) is 4.74 Å². The van der Waals surface area contributed by atoms with Crippen molar-refractivity contribution in [2.75, 3.05) is 31.6 Å². The highest BCUT2D eigenvalue weighted by Crippen LogP contribution is 2.36. The molecule has 0 aliphatic carbocycles. The average molecular weight is 451 g/mol. The molecule has 6 nitrogen and oxygen atoms in total. The topological polar surface area (TPSA) is 70.5 Å². The van der Waals surface area contributed by atoms with E-state index in [1.807, 2.05) is 26.0 Å². The number of hydrogen-bond donors (Lipinski definition) is 2. The van der Waals surface area contributed by atoms with E-state index in [2.05, 4.69) is 50.5 Å². The third-order valence-corrected chi connectivity index (χ3v) is 6.61. The Kier molecular flexibility index (Phi) is 7.52. The lowest BCUT2D eigenvalue weighted by Crippen LogP contribution is -2.35. The molecule has 0 bridgehead atoms. The number of fused-ring (bicyclic) bond motifs is 1. The third-order valence-electron chi connectivity index (χ3n) is 5.43. The lowest BCUT2D eigenvalue weighted by molar-refractivity contribution is 0.0342. The van der Waals surface area contributed by atoms with Crippen LogP contribution in [-0.2, 0) is 11.3 Å². The summed E-state index contributed by atoms with van der Waals surface area (Å²) in [6, 6.07) is 10.9. The molecule has 168 valence electrons. The van der Waals surface area contributed by atoms with E-state index in [1.165, 1.54) is 16.0 Å². The molecular weight excluding hydrogens is 420 g/mol. The molecule has 32 heavy (non-hydrogen) atoms. The molecule has 0 amide bonds. The van der Waals surface area contributed by atoms with Crippen molar-refractivity contribution in [2.45, 2.75) is 33.2 Å². The molecule has 3 aromatic rings. The summed E-state index contributed by atoms with van der Waals surface area (Å²) in [6.45, 7) is 8.59. The first kappa shape index (κ1) is 22.5. The Morgan fingerprint density at radius 1 is 1.19 bits per heavy atom. The van der Waals surface area contributed by atoms with Gasteiger partial charge in [-0.2, -0.15) is 0 Å². The summed E-state index contributed by atoms with van der Waals surface area (Å²) in [5.74, 6) is 1.18. The Hall–Kier alpha value is -2.74. The molecule has 1 aliphatic heterocycles. The summed E-state index contributed by atoms with van der Waals surface area (Å²) in [5.41, 5.74) is 4.39. The number of rotatable bonds is 8.